The molecule has 1 N–H and O–H groups in total. The molecule has 0 unspecified atom stereocenters. The molecule has 9 heteroatoms. The van der Waals surface area contributed by atoms with Crippen molar-refractivity contribution in [3.8, 4) is 0 Å². The molecule has 5 nitrogen and oxygen atoms in total. The number of sulfonamides is 1. The Hall–Kier alpha value is -1.77. The minimum absolute atomic E-state index is 0.113. The zero-order chi connectivity index (χ0) is 18.6. The molecule has 0 heterocycles. The van der Waals surface area contributed by atoms with Crippen LogP contribution in [0.3, 0.4) is 0 Å². The van der Waals surface area contributed by atoms with Crippen molar-refractivity contribution in [1.29, 1.82) is 0 Å². The van der Waals surface area contributed by atoms with Gasteiger partial charge in [0.2, 0.25) is 15.9 Å². The predicted molar refractivity (Wildman–Crippen MR) is 100 cm³/mol. The molecule has 0 aliphatic heterocycles. The topological polar surface area (TPSA) is 66.5 Å². The first kappa shape index (κ1) is 19.6. The number of carbonyl (C=O) groups excluding carboxylic acids is 1. The zero-order valence-electron chi connectivity index (χ0n) is 13.5. The molecule has 2 aromatic rings. The second kappa shape index (κ2) is 8.07. The number of anilines is 2. The van der Waals surface area contributed by atoms with Crippen LogP contribution in [0.1, 0.15) is 0 Å². The van der Waals surface area contributed by atoms with Gasteiger partial charge in [0.25, 0.3) is 0 Å². The second-order valence-corrected chi connectivity index (χ2v) is 8.34. The Kier molecular flexibility index (Phi) is 6.31. The van der Waals surface area contributed by atoms with Crippen molar-refractivity contribution in [2.75, 3.05) is 28.7 Å². The van der Waals surface area contributed by atoms with Crippen LogP contribution >= 0.6 is 23.4 Å². The molecule has 0 atom stereocenters. The van der Waals surface area contributed by atoms with Crippen LogP contribution in [0, 0.1) is 5.82 Å². The van der Waals surface area contributed by atoms with Gasteiger partial charge in [-0.25, -0.2) is 12.8 Å². The lowest BCUT2D eigenvalue weighted by molar-refractivity contribution is -0.114. The fraction of sp³-hybridized carbons (Fsp3) is 0.188. The summed E-state index contributed by atoms with van der Waals surface area (Å²) in [6, 6.07) is 10.6. The molecule has 134 valence electrons. The van der Waals surface area contributed by atoms with E-state index in [1.807, 2.05) is 12.3 Å². The standard InChI is InChI=1S/C16H16ClFN2O3S2/c1-24-13-5-3-4-11(8-13)19-16(21)10-20(25(2,22)23)12-6-7-15(18)14(17)9-12/h3-9H,10H2,1-2H3,(H,19,21). The minimum Gasteiger partial charge on any atom is -0.324 e. The van der Waals surface area contributed by atoms with Crippen LogP contribution in [0.2, 0.25) is 5.02 Å². The average Bonchev–Trinajstić information content (AvgIpc) is 2.54. The highest BCUT2D eigenvalue weighted by Gasteiger charge is 2.22. The van der Waals surface area contributed by atoms with Crippen molar-refractivity contribution in [3.63, 3.8) is 0 Å². The van der Waals surface area contributed by atoms with Crippen molar-refractivity contribution in [3.05, 3.63) is 53.3 Å². The summed E-state index contributed by atoms with van der Waals surface area (Å²) in [6.07, 6.45) is 2.87. The van der Waals surface area contributed by atoms with Gasteiger partial charge < -0.3 is 5.32 Å². The SMILES string of the molecule is CSc1cccc(NC(=O)CN(c2ccc(F)c(Cl)c2)S(C)(=O)=O)c1. The van der Waals surface area contributed by atoms with Crippen LogP contribution in [0.5, 0.6) is 0 Å². The summed E-state index contributed by atoms with van der Waals surface area (Å²) in [5.41, 5.74) is 0.671. The van der Waals surface area contributed by atoms with Crippen LogP contribution in [0.15, 0.2) is 47.4 Å². The van der Waals surface area contributed by atoms with Gasteiger partial charge in [0, 0.05) is 10.6 Å². The molecule has 25 heavy (non-hydrogen) atoms. The maximum absolute atomic E-state index is 13.3. The van der Waals surface area contributed by atoms with E-state index >= 15 is 0 Å². The van der Waals surface area contributed by atoms with E-state index in [0.717, 1.165) is 21.5 Å². The monoisotopic (exact) mass is 402 g/mol. The smallest absolute Gasteiger partial charge is 0.245 e. The molecule has 0 spiro atoms. The Labute approximate surface area is 155 Å². The number of thioether (sulfide) groups is 1. The molecule has 0 fully saturated rings. The molecule has 0 aromatic heterocycles. The highest BCUT2D eigenvalue weighted by molar-refractivity contribution is 7.98. The van der Waals surface area contributed by atoms with E-state index < -0.39 is 28.3 Å². The van der Waals surface area contributed by atoms with E-state index in [9.17, 15) is 17.6 Å². The lowest BCUT2D eigenvalue weighted by Crippen LogP contribution is -2.37. The average molecular weight is 403 g/mol. The van der Waals surface area contributed by atoms with Crippen molar-refractivity contribution in [2.24, 2.45) is 0 Å². The number of rotatable bonds is 6. The van der Waals surface area contributed by atoms with Gasteiger partial charge in [-0.15, -0.1) is 11.8 Å². The molecule has 0 saturated heterocycles. The van der Waals surface area contributed by atoms with Crippen LogP contribution in [-0.2, 0) is 14.8 Å². The van der Waals surface area contributed by atoms with Crippen LogP contribution < -0.4 is 9.62 Å². The molecule has 0 bridgehead atoms. The molecule has 1 amide bonds. The van der Waals surface area contributed by atoms with E-state index in [0.29, 0.717) is 5.69 Å². The Morgan fingerprint density at radius 1 is 1.28 bits per heavy atom. The Morgan fingerprint density at radius 2 is 2.00 bits per heavy atom. The molecule has 0 aliphatic carbocycles. The van der Waals surface area contributed by atoms with Crippen LogP contribution in [0.4, 0.5) is 15.8 Å². The van der Waals surface area contributed by atoms with Gasteiger partial charge in [-0.05, 0) is 42.7 Å². The van der Waals surface area contributed by atoms with Gasteiger partial charge in [0.1, 0.15) is 12.4 Å². The first-order valence-corrected chi connectivity index (χ1v) is 10.5. The van der Waals surface area contributed by atoms with Crippen molar-refractivity contribution >= 4 is 50.7 Å². The summed E-state index contributed by atoms with van der Waals surface area (Å²) < 4.78 is 38.2. The van der Waals surface area contributed by atoms with Crippen molar-refractivity contribution in [2.45, 2.75) is 4.90 Å². The largest absolute Gasteiger partial charge is 0.324 e. The van der Waals surface area contributed by atoms with Gasteiger partial charge in [0.05, 0.1) is 17.0 Å². The highest BCUT2D eigenvalue weighted by atomic mass is 35.5. The molecular formula is C16H16ClFN2O3S2. The number of nitrogens with one attached hydrogen (secondary N) is 1. The maximum atomic E-state index is 13.3. The van der Waals surface area contributed by atoms with Crippen LogP contribution in [0.25, 0.3) is 0 Å². The maximum Gasteiger partial charge on any atom is 0.245 e. The number of benzene rings is 2. The summed E-state index contributed by atoms with van der Waals surface area (Å²) in [5.74, 6) is -1.19. The third kappa shape index (κ3) is 5.35. The predicted octanol–water partition coefficient (Wildman–Crippen LogP) is 3.61. The van der Waals surface area contributed by atoms with E-state index in [2.05, 4.69) is 5.32 Å². The number of hydrogen-bond acceptors (Lipinski definition) is 4. The molecule has 0 aliphatic rings. The minimum atomic E-state index is -3.76. The Bertz CT molecular complexity index is 891. The summed E-state index contributed by atoms with van der Waals surface area (Å²) in [5, 5.41) is 2.43. The Morgan fingerprint density at radius 3 is 2.60 bits per heavy atom. The van der Waals surface area contributed by atoms with Gasteiger partial charge in [-0.2, -0.15) is 0 Å². The molecule has 2 rings (SSSR count). The van der Waals surface area contributed by atoms with E-state index in [-0.39, 0.29) is 10.7 Å². The number of hydrogen-bond donors (Lipinski definition) is 1. The zero-order valence-corrected chi connectivity index (χ0v) is 15.9. The van der Waals surface area contributed by atoms with E-state index in [1.54, 1.807) is 18.2 Å². The quantitative estimate of drug-likeness (QED) is 0.749. The third-order valence-electron chi connectivity index (χ3n) is 3.23. The summed E-state index contributed by atoms with van der Waals surface area (Å²) in [4.78, 5) is 13.2. The Balaban J connectivity index is 2.22. The number of halogens is 2. The van der Waals surface area contributed by atoms with E-state index in [1.165, 1.54) is 23.9 Å². The molecular weight excluding hydrogens is 387 g/mol. The second-order valence-electron chi connectivity index (χ2n) is 5.15. The first-order chi connectivity index (χ1) is 11.7. The molecule has 2 aromatic carbocycles. The molecule has 0 radical (unpaired) electrons. The first-order valence-electron chi connectivity index (χ1n) is 7.07. The number of nitrogens with zero attached hydrogens (tertiary/aromatic N) is 1. The fourth-order valence-electron chi connectivity index (χ4n) is 2.07. The number of amides is 1. The van der Waals surface area contributed by atoms with Crippen molar-refractivity contribution in [1.82, 2.24) is 0 Å². The fourth-order valence-corrected chi connectivity index (χ4v) is 3.55. The summed E-state index contributed by atoms with van der Waals surface area (Å²) in [7, 11) is -3.76. The third-order valence-corrected chi connectivity index (χ3v) is 5.39. The van der Waals surface area contributed by atoms with Gasteiger partial charge in [-0.1, -0.05) is 17.7 Å². The van der Waals surface area contributed by atoms with E-state index in [4.69, 9.17) is 11.6 Å². The normalized spacial score (nSPS) is 11.2. The molecule has 0 saturated carbocycles. The lowest BCUT2D eigenvalue weighted by Gasteiger charge is -2.22. The van der Waals surface area contributed by atoms with Gasteiger partial charge in [-0.3, -0.25) is 9.10 Å². The summed E-state index contributed by atoms with van der Waals surface area (Å²) >= 11 is 7.23. The highest BCUT2D eigenvalue weighted by Crippen LogP contribution is 2.24. The van der Waals surface area contributed by atoms with Gasteiger partial charge in [0.15, 0.2) is 0 Å². The summed E-state index contributed by atoms with van der Waals surface area (Å²) in [6.45, 7) is -0.454. The van der Waals surface area contributed by atoms with Crippen molar-refractivity contribution < 1.29 is 17.6 Å². The number of carbonyl (C=O) groups is 1. The van der Waals surface area contributed by atoms with Gasteiger partial charge >= 0.3 is 0 Å². The van der Waals surface area contributed by atoms with Crippen LogP contribution in [-0.4, -0.2) is 33.4 Å². The lowest BCUT2D eigenvalue weighted by atomic mass is 10.3.